The fourth-order valence-electron chi connectivity index (χ4n) is 3.16. The lowest BCUT2D eigenvalue weighted by Crippen LogP contribution is -2.42. The summed E-state index contributed by atoms with van der Waals surface area (Å²) in [4.78, 5) is 40.5. The first-order valence-electron chi connectivity index (χ1n) is 9.25. The minimum absolute atomic E-state index is 0.0800. The van der Waals surface area contributed by atoms with Crippen molar-refractivity contribution in [1.82, 2.24) is 4.90 Å². The predicted molar refractivity (Wildman–Crippen MR) is 111 cm³/mol. The van der Waals surface area contributed by atoms with Gasteiger partial charge in [0.05, 0.1) is 11.4 Å². The number of benzene rings is 2. The van der Waals surface area contributed by atoms with Crippen molar-refractivity contribution in [3.63, 3.8) is 0 Å². The molecule has 2 aromatic carbocycles. The van der Waals surface area contributed by atoms with Gasteiger partial charge in [0.15, 0.2) is 0 Å². The molecule has 1 atom stereocenters. The molecule has 154 valence electrons. The molecule has 1 N–H and O–H groups in total. The summed E-state index contributed by atoms with van der Waals surface area (Å²) in [7, 11) is 0. The summed E-state index contributed by atoms with van der Waals surface area (Å²) >= 11 is 0. The first-order valence-corrected chi connectivity index (χ1v) is 9.25. The van der Waals surface area contributed by atoms with Crippen LogP contribution in [0.4, 0.5) is 15.3 Å². The van der Waals surface area contributed by atoms with E-state index in [9.17, 15) is 14.4 Å². The van der Waals surface area contributed by atoms with Gasteiger partial charge in [-0.05, 0) is 30.2 Å². The number of carbonyl (C=O) groups is 3. The number of carbonyl (C=O) groups excluding carboxylic acids is 3. The molecule has 0 radical (unpaired) electrons. The monoisotopic (exact) mass is 407 g/mol. The Bertz CT molecular complexity index is 986. The van der Waals surface area contributed by atoms with Gasteiger partial charge in [0.25, 0.3) is 5.91 Å². The maximum absolute atomic E-state index is 13.2. The highest BCUT2D eigenvalue weighted by molar-refractivity contribution is 6.25. The van der Waals surface area contributed by atoms with Gasteiger partial charge in [0, 0.05) is 6.42 Å². The molecule has 1 aliphatic rings. The standard InChI is InChI=1S/C22H21N3O5/c1-3-13-30-22(28)25-19(14-16-7-5-4-6-8-16)20(26)24(21(25)27)18-11-9-17(10-12-18)15(2)23-29/h3-12,19,29H,1,13-14H2,2H3. The second-order valence-electron chi connectivity index (χ2n) is 6.63. The lowest BCUT2D eigenvalue weighted by Gasteiger charge is -2.19. The van der Waals surface area contributed by atoms with Gasteiger partial charge >= 0.3 is 12.1 Å². The van der Waals surface area contributed by atoms with E-state index < -0.39 is 24.1 Å². The minimum Gasteiger partial charge on any atom is -0.445 e. The summed E-state index contributed by atoms with van der Waals surface area (Å²) < 4.78 is 5.04. The largest absolute Gasteiger partial charge is 0.445 e. The van der Waals surface area contributed by atoms with Crippen molar-refractivity contribution in [2.75, 3.05) is 11.5 Å². The van der Waals surface area contributed by atoms with Crippen LogP contribution in [-0.2, 0) is 16.0 Å². The topological polar surface area (TPSA) is 99.5 Å². The van der Waals surface area contributed by atoms with Crippen LogP contribution in [0.3, 0.4) is 0 Å². The molecule has 0 aromatic heterocycles. The number of rotatable bonds is 6. The van der Waals surface area contributed by atoms with Crippen molar-refractivity contribution < 1.29 is 24.3 Å². The number of nitrogens with zero attached hydrogens (tertiary/aromatic N) is 3. The van der Waals surface area contributed by atoms with Crippen LogP contribution in [0, 0.1) is 0 Å². The molecule has 1 aliphatic heterocycles. The molecule has 4 amide bonds. The summed E-state index contributed by atoms with van der Waals surface area (Å²) in [5, 5.41) is 12.0. The van der Waals surface area contributed by atoms with E-state index in [1.54, 1.807) is 31.2 Å². The second kappa shape index (κ2) is 9.04. The van der Waals surface area contributed by atoms with Crippen molar-refractivity contribution in [3.05, 3.63) is 78.4 Å². The maximum Gasteiger partial charge on any atom is 0.419 e. The number of oxime groups is 1. The van der Waals surface area contributed by atoms with Crippen LogP contribution in [-0.4, -0.2) is 46.5 Å². The molecule has 8 nitrogen and oxygen atoms in total. The third-order valence-electron chi connectivity index (χ3n) is 4.70. The average molecular weight is 407 g/mol. The van der Waals surface area contributed by atoms with Gasteiger partial charge in [-0.25, -0.2) is 19.4 Å². The van der Waals surface area contributed by atoms with E-state index in [0.29, 0.717) is 17.0 Å². The van der Waals surface area contributed by atoms with E-state index in [4.69, 9.17) is 9.94 Å². The van der Waals surface area contributed by atoms with E-state index >= 15 is 0 Å². The minimum atomic E-state index is -1.03. The fraction of sp³-hybridized carbons (Fsp3) is 0.182. The molecule has 2 aromatic rings. The van der Waals surface area contributed by atoms with E-state index in [2.05, 4.69) is 11.7 Å². The number of imide groups is 2. The van der Waals surface area contributed by atoms with Gasteiger partial charge in [-0.15, -0.1) is 0 Å². The molecule has 30 heavy (non-hydrogen) atoms. The first kappa shape index (κ1) is 20.8. The Labute approximate surface area is 173 Å². The van der Waals surface area contributed by atoms with E-state index in [0.717, 1.165) is 15.4 Å². The first-order chi connectivity index (χ1) is 14.5. The molecule has 0 spiro atoms. The molecule has 3 rings (SSSR count). The zero-order valence-corrected chi connectivity index (χ0v) is 16.4. The molecule has 0 bridgehead atoms. The number of anilines is 1. The molecule has 1 saturated heterocycles. The van der Waals surface area contributed by atoms with Crippen molar-refractivity contribution >= 4 is 29.4 Å². The third kappa shape index (κ3) is 4.07. The van der Waals surface area contributed by atoms with E-state index in [1.807, 2.05) is 30.3 Å². The summed E-state index contributed by atoms with van der Waals surface area (Å²) in [6.07, 6.45) is 0.643. The van der Waals surface area contributed by atoms with E-state index in [-0.39, 0.29) is 13.0 Å². The summed E-state index contributed by atoms with van der Waals surface area (Å²) in [5.41, 5.74) is 2.12. The number of hydrogen-bond acceptors (Lipinski definition) is 6. The lowest BCUT2D eigenvalue weighted by molar-refractivity contribution is -0.119. The maximum atomic E-state index is 13.2. The molecule has 1 fully saturated rings. The summed E-state index contributed by atoms with van der Waals surface area (Å²) in [6, 6.07) is 13.7. The van der Waals surface area contributed by atoms with Crippen LogP contribution in [0.5, 0.6) is 0 Å². The van der Waals surface area contributed by atoms with Gasteiger partial charge in [-0.3, -0.25) is 4.79 Å². The van der Waals surface area contributed by atoms with Crippen molar-refractivity contribution in [2.45, 2.75) is 19.4 Å². The van der Waals surface area contributed by atoms with E-state index in [1.165, 1.54) is 6.08 Å². The highest BCUT2D eigenvalue weighted by Gasteiger charge is 2.49. The molecular formula is C22H21N3O5. The Kier molecular flexibility index (Phi) is 6.26. The van der Waals surface area contributed by atoms with Gasteiger partial charge in [0.2, 0.25) is 0 Å². The Morgan fingerprint density at radius 3 is 2.43 bits per heavy atom. The quantitative estimate of drug-likeness (QED) is 0.259. The van der Waals surface area contributed by atoms with Gasteiger partial charge in [-0.2, -0.15) is 0 Å². The number of ether oxygens (including phenoxy) is 1. The van der Waals surface area contributed by atoms with Crippen LogP contribution in [0.1, 0.15) is 18.1 Å². The molecule has 8 heteroatoms. The average Bonchev–Trinajstić information content (AvgIpc) is 3.01. The Morgan fingerprint density at radius 2 is 1.83 bits per heavy atom. The third-order valence-corrected chi connectivity index (χ3v) is 4.70. The predicted octanol–water partition coefficient (Wildman–Crippen LogP) is 3.59. The highest BCUT2D eigenvalue weighted by atomic mass is 16.6. The molecule has 1 heterocycles. The Balaban J connectivity index is 1.94. The van der Waals surface area contributed by atoms with Crippen molar-refractivity contribution in [3.8, 4) is 0 Å². The number of hydrogen-bond donors (Lipinski definition) is 1. The Morgan fingerprint density at radius 1 is 1.17 bits per heavy atom. The van der Waals surface area contributed by atoms with Gasteiger partial charge in [-0.1, -0.05) is 60.3 Å². The Hall–Kier alpha value is -3.94. The molecule has 1 unspecified atom stereocenters. The lowest BCUT2D eigenvalue weighted by atomic mass is 10.1. The van der Waals surface area contributed by atoms with Crippen LogP contribution >= 0.6 is 0 Å². The number of amides is 4. The molecule has 0 saturated carbocycles. The molecular weight excluding hydrogens is 386 g/mol. The van der Waals surface area contributed by atoms with Crippen molar-refractivity contribution in [2.24, 2.45) is 5.16 Å². The zero-order valence-electron chi connectivity index (χ0n) is 16.4. The van der Waals surface area contributed by atoms with Gasteiger partial charge < -0.3 is 9.94 Å². The summed E-state index contributed by atoms with van der Waals surface area (Å²) in [5.74, 6) is -0.528. The normalized spacial score (nSPS) is 16.7. The smallest absolute Gasteiger partial charge is 0.419 e. The SMILES string of the molecule is C=CCOC(=O)N1C(=O)N(c2ccc(C(C)=NO)cc2)C(=O)C1Cc1ccccc1. The van der Waals surface area contributed by atoms with Crippen molar-refractivity contribution in [1.29, 1.82) is 0 Å². The zero-order chi connectivity index (χ0) is 21.7. The summed E-state index contributed by atoms with van der Waals surface area (Å²) in [6.45, 7) is 5.03. The van der Waals surface area contributed by atoms with Crippen LogP contribution in [0.2, 0.25) is 0 Å². The van der Waals surface area contributed by atoms with Crippen LogP contribution < -0.4 is 4.90 Å². The highest BCUT2D eigenvalue weighted by Crippen LogP contribution is 2.28. The van der Waals surface area contributed by atoms with Crippen LogP contribution in [0.15, 0.2) is 72.4 Å². The number of urea groups is 1. The fourth-order valence-corrected chi connectivity index (χ4v) is 3.16. The van der Waals surface area contributed by atoms with Gasteiger partial charge in [0.1, 0.15) is 12.6 Å². The van der Waals surface area contributed by atoms with Crippen LogP contribution in [0.25, 0.3) is 0 Å². The second-order valence-corrected chi connectivity index (χ2v) is 6.63. The molecule has 0 aliphatic carbocycles.